The van der Waals surface area contributed by atoms with Crippen molar-refractivity contribution in [3.63, 3.8) is 0 Å². The highest BCUT2D eigenvalue weighted by Crippen LogP contribution is 2.05. The number of benzene rings is 1. The highest BCUT2D eigenvalue weighted by molar-refractivity contribution is 9.18. The lowest BCUT2D eigenvalue weighted by molar-refractivity contribution is -0.109. The maximum atomic E-state index is 10.6. The Bertz CT molecular complexity index is 323. The van der Waals surface area contributed by atoms with E-state index in [2.05, 4.69) is 15.9 Å². The summed E-state index contributed by atoms with van der Waals surface area (Å²) in [7, 11) is 0. The third-order valence-corrected chi connectivity index (χ3v) is 1.71. The fourth-order valence-electron chi connectivity index (χ4n) is 0.858. The van der Waals surface area contributed by atoms with Gasteiger partial charge in [-0.05, 0) is 33.6 Å². The van der Waals surface area contributed by atoms with E-state index >= 15 is 0 Å². The van der Waals surface area contributed by atoms with Gasteiger partial charge in [-0.3, -0.25) is 4.79 Å². The van der Waals surface area contributed by atoms with Crippen LogP contribution in [0.3, 0.4) is 0 Å². The van der Waals surface area contributed by atoms with Crippen LogP contribution in [0, 0.1) is 11.3 Å². The molecule has 0 saturated heterocycles. The van der Waals surface area contributed by atoms with Crippen LogP contribution in [-0.4, -0.2) is 4.69 Å². The number of hydrogen-bond donors (Lipinski definition) is 0. The predicted molar refractivity (Wildman–Crippen MR) is 48.8 cm³/mol. The van der Waals surface area contributed by atoms with E-state index in [-0.39, 0.29) is 4.69 Å². The van der Waals surface area contributed by atoms with Crippen molar-refractivity contribution in [2.24, 2.45) is 0 Å². The zero-order valence-corrected chi connectivity index (χ0v) is 7.84. The molecule has 0 radical (unpaired) electrons. The molecule has 0 heterocycles. The van der Waals surface area contributed by atoms with E-state index in [0.717, 1.165) is 5.56 Å². The van der Waals surface area contributed by atoms with Crippen molar-refractivity contribution in [1.29, 1.82) is 5.26 Å². The topological polar surface area (TPSA) is 40.9 Å². The monoisotopic (exact) mass is 223 g/mol. The van der Waals surface area contributed by atoms with Crippen LogP contribution in [0.1, 0.15) is 11.1 Å². The first-order chi connectivity index (χ1) is 5.72. The molecule has 0 aromatic heterocycles. The second-order valence-corrected chi connectivity index (χ2v) is 3.23. The fourth-order valence-corrected chi connectivity index (χ4v) is 1.18. The largest absolute Gasteiger partial charge is 0.286 e. The molecule has 0 bridgehead atoms. The Morgan fingerprint density at radius 1 is 1.42 bits per heavy atom. The lowest BCUT2D eigenvalue weighted by atomic mass is 10.1. The standard InChI is InChI=1S/C9H6BrNO/c10-9(12)5-7-1-3-8(6-11)4-2-7/h1-4H,5H2. The molecule has 0 aliphatic rings. The number of hydrogen-bond acceptors (Lipinski definition) is 2. The van der Waals surface area contributed by atoms with Gasteiger partial charge in [0.15, 0.2) is 0 Å². The minimum absolute atomic E-state index is 0.0489. The molecule has 0 aliphatic carbocycles. The van der Waals surface area contributed by atoms with E-state index < -0.39 is 0 Å². The number of carbonyl (C=O) groups excluding carboxylic acids is 1. The fraction of sp³-hybridized carbons (Fsp3) is 0.111. The summed E-state index contributed by atoms with van der Waals surface area (Å²) in [5, 5.41) is 8.48. The van der Waals surface area contributed by atoms with Gasteiger partial charge in [0.25, 0.3) is 0 Å². The molecule has 1 rings (SSSR count). The molecule has 60 valence electrons. The molecule has 0 spiro atoms. The molecule has 1 aromatic carbocycles. The Morgan fingerprint density at radius 2 is 2.00 bits per heavy atom. The highest BCUT2D eigenvalue weighted by atomic mass is 79.9. The van der Waals surface area contributed by atoms with Gasteiger partial charge < -0.3 is 0 Å². The summed E-state index contributed by atoms with van der Waals surface area (Å²) in [5.74, 6) is 0. The molecule has 2 nitrogen and oxygen atoms in total. The summed E-state index contributed by atoms with van der Waals surface area (Å²) in [6.07, 6.45) is 0.367. The molecule has 12 heavy (non-hydrogen) atoms. The lowest BCUT2D eigenvalue weighted by Crippen LogP contribution is -1.92. The van der Waals surface area contributed by atoms with E-state index in [1.165, 1.54) is 0 Å². The van der Waals surface area contributed by atoms with Crippen LogP contribution < -0.4 is 0 Å². The molecule has 0 unspecified atom stereocenters. The third kappa shape index (κ3) is 2.48. The van der Waals surface area contributed by atoms with Crippen molar-refractivity contribution in [1.82, 2.24) is 0 Å². The van der Waals surface area contributed by atoms with Crippen molar-refractivity contribution in [2.45, 2.75) is 6.42 Å². The zero-order chi connectivity index (χ0) is 8.97. The number of halogens is 1. The number of rotatable bonds is 2. The molecule has 0 fully saturated rings. The Morgan fingerprint density at radius 3 is 2.42 bits per heavy atom. The predicted octanol–water partition coefficient (Wildman–Crippen LogP) is 2.02. The summed E-state index contributed by atoms with van der Waals surface area (Å²) in [6.45, 7) is 0. The van der Waals surface area contributed by atoms with Crippen LogP contribution in [0.25, 0.3) is 0 Å². The molecular weight excluding hydrogens is 218 g/mol. The van der Waals surface area contributed by atoms with Crippen LogP contribution in [0.15, 0.2) is 24.3 Å². The maximum Gasteiger partial charge on any atom is 0.202 e. The van der Waals surface area contributed by atoms with Crippen LogP contribution in [0.5, 0.6) is 0 Å². The van der Waals surface area contributed by atoms with E-state index in [0.29, 0.717) is 12.0 Å². The van der Waals surface area contributed by atoms with Crippen molar-refractivity contribution in [3.8, 4) is 6.07 Å². The second kappa shape index (κ2) is 4.03. The van der Waals surface area contributed by atoms with Gasteiger partial charge in [0.2, 0.25) is 4.69 Å². The average Bonchev–Trinajstić information content (AvgIpc) is 2.05. The SMILES string of the molecule is N#Cc1ccc(CC(=O)Br)cc1. The summed E-state index contributed by atoms with van der Waals surface area (Å²) < 4.78 is -0.0489. The second-order valence-electron chi connectivity index (χ2n) is 2.34. The minimum Gasteiger partial charge on any atom is -0.286 e. The van der Waals surface area contributed by atoms with Gasteiger partial charge in [-0.15, -0.1) is 0 Å². The molecule has 0 aliphatic heterocycles. The number of nitriles is 1. The molecule has 0 N–H and O–H groups in total. The number of nitrogens with zero attached hydrogens (tertiary/aromatic N) is 1. The molecular formula is C9H6BrNO. The van der Waals surface area contributed by atoms with Gasteiger partial charge in [-0.25, -0.2) is 0 Å². The summed E-state index contributed by atoms with van der Waals surface area (Å²) in [4.78, 5) is 10.6. The van der Waals surface area contributed by atoms with E-state index in [1.54, 1.807) is 24.3 Å². The van der Waals surface area contributed by atoms with Gasteiger partial charge in [-0.1, -0.05) is 12.1 Å². The van der Waals surface area contributed by atoms with Gasteiger partial charge in [-0.2, -0.15) is 5.26 Å². The van der Waals surface area contributed by atoms with Crippen LogP contribution in [0.4, 0.5) is 0 Å². The van der Waals surface area contributed by atoms with Gasteiger partial charge in [0.05, 0.1) is 11.6 Å². The Labute approximate surface area is 78.9 Å². The first-order valence-corrected chi connectivity index (χ1v) is 4.19. The molecule has 0 atom stereocenters. The molecule has 0 saturated carbocycles. The van der Waals surface area contributed by atoms with Crippen LogP contribution in [-0.2, 0) is 11.2 Å². The first-order valence-electron chi connectivity index (χ1n) is 3.40. The van der Waals surface area contributed by atoms with Crippen LogP contribution >= 0.6 is 15.9 Å². The smallest absolute Gasteiger partial charge is 0.202 e. The average molecular weight is 224 g/mol. The van der Waals surface area contributed by atoms with Crippen molar-refractivity contribution in [2.75, 3.05) is 0 Å². The third-order valence-electron chi connectivity index (χ3n) is 1.43. The van der Waals surface area contributed by atoms with E-state index in [9.17, 15) is 4.79 Å². The Kier molecular flexibility index (Phi) is 3.01. The normalized spacial score (nSPS) is 9.00. The minimum atomic E-state index is -0.0489. The van der Waals surface area contributed by atoms with Crippen molar-refractivity contribution >= 4 is 20.6 Å². The maximum absolute atomic E-state index is 10.6. The molecule has 3 heteroatoms. The summed E-state index contributed by atoms with van der Waals surface area (Å²) >= 11 is 2.84. The van der Waals surface area contributed by atoms with Gasteiger partial charge >= 0.3 is 0 Å². The van der Waals surface area contributed by atoms with Gasteiger partial charge in [0, 0.05) is 6.42 Å². The molecule has 1 aromatic rings. The van der Waals surface area contributed by atoms with Crippen LogP contribution in [0.2, 0.25) is 0 Å². The van der Waals surface area contributed by atoms with Gasteiger partial charge in [0.1, 0.15) is 0 Å². The Hall–Kier alpha value is -1.14. The van der Waals surface area contributed by atoms with Crippen molar-refractivity contribution < 1.29 is 4.79 Å². The number of carbonyl (C=O) groups is 1. The quantitative estimate of drug-likeness (QED) is 0.721. The first kappa shape index (κ1) is 8.95. The zero-order valence-electron chi connectivity index (χ0n) is 6.25. The van der Waals surface area contributed by atoms with Crippen molar-refractivity contribution in [3.05, 3.63) is 35.4 Å². The highest BCUT2D eigenvalue weighted by Gasteiger charge is 1.98. The summed E-state index contributed by atoms with van der Waals surface area (Å²) in [5.41, 5.74) is 1.52. The van der Waals surface area contributed by atoms with E-state index in [1.807, 2.05) is 6.07 Å². The Balaban J connectivity index is 2.80. The lowest BCUT2D eigenvalue weighted by Gasteiger charge is -1.94. The molecule has 0 amide bonds. The van der Waals surface area contributed by atoms with E-state index in [4.69, 9.17) is 5.26 Å². The summed E-state index contributed by atoms with van der Waals surface area (Å²) in [6, 6.07) is 8.96.